The molecule has 4 aliphatic rings. The van der Waals surface area contributed by atoms with Crippen molar-refractivity contribution in [3.63, 3.8) is 0 Å². The highest BCUT2D eigenvalue weighted by atomic mass is 16.6. The van der Waals surface area contributed by atoms with Crippen molar-refractivity contribution in [2.45, 2.75) is 49.1 Å². The van der Waals surface area contributed by atoms with Gasteiger partial charge >= 0.3 is 0 Å². The SMILES string of the molecule is OCC1(c2ccc(-c3ccc4c(n3)CC(O[C@@H]3CO[C@H]5[C@@H]3OC[C@H]5O)=C4)cc2)CC1. The Balaban J connectivity index is 1.16. The molecule has 4 atom stereocenters. The number of benzene rings is 1. The van der Waals surface area contributed by atoms with Crippen molar-refractivity contribution in [2.24, 2.45) is 0 Å². The van der Waals surface area contributed by atoms with E-state index in [1.54, 1.807) is 0 Å². The summed E-state index contributed by atoms with van der Waals surface area (Å²) in [5.74, 6) is 0.864. The minimum Gasteiger partial charge on any atom is -0.489 e. The van der Waals surface area contributed by atoms with Crippen LogP contribution in [0.4, 0.5) is 0 Å². The fraction of sp³-hybridized carbons (Fsp3) is 0.458. The third-order valence-electron chi connectivity index (χ3n) is 6.90. The van der Waals surface area contributed by atoms with Crippen LogP contribution in [-0.4, -0.2) is 59.4 Å². The second-order valence-corrected chi connectivity index (χ2v) is 8.86. The standard InChI is InChI=1S/C24H25NO5/c26-13-24(7-8-24)16-4-1-14(2-5-16)18-6-3-15-9-17(10-19(15)25-18)30-21-12-29-22-20(27)11-28-23(21)22/h1-6,9,20-23,26-27H,7-8,10-13H2/t20-,21-,22-,23-/m1/s1. The van der Waals surface area contributed by atoms with Crippen LogP contribution >= 0.6 is 0 Å². The van der Waals surface area contributed by atoms with E-state index in [4.69, 9.17) is 19.2 Å². The molecule has 0 amide bonds. The van der Waals surface area contributed by atoms with Crippen molar-refractivity contribution in [1.29, 1.82) is 0 Å². The molecule has 3 heterocycles. The van der Waals surface area contributed by atoms with Crippen molar-refractivity contribution in [2.75, 3.05) is 19.8 Å². The van der Waals surface area contributed by atoms with Gasteiger partial charge in [-0.2, -0.15) is 0 Å². The molecule has 1 saturated carbocycles. The number of fused-ring (bicyclic) bond motifs is 2. The molecule has 6 heteroatoms. The Morgan fingerprint density at radius 1 is 1.03 bits per heavy atom. The largest absolute Gasteiger partial charge is 0.489 e. The van der Waals surface area contributed by atoms with Gasteiger partial charge in [0.25, 0.3) is 0 Å². The van der Waals surface area contributed by atoms with Crippen LogP contribution in [0.2, 0.25) is 0 Å². The normalized spacial score (nSPS) is 30.7. The molecule has 2 aromatic rings. The molecule has 0 bridgehead atoms. The van der Waals surface area contributed by atoms with Crippen LogP contribution in [0.1, 0.15) is 29.7 Å². The number of allylic oxidation sites excluding steroid dienone is 1. The van der Waals surface area contributed by atoms with Crippen LogP contribution in [0, 0.1) is 0 Å². The molecular formula is C24H25NO5. The number of nitrogens with zero attached hydrogens (tertiary/aromatic N) is 1. The average Bonchev–Trinajstić information content (AvgIpc) is 3.10. The summed E-state index contributed by atoms with van der Waals surface area (Å²) in [5, 5.41) is 19.5. The molecule has 30 heavy (non-hydrogen) atoms. The first kappa shape index (κ1) is 18.5. The van der Waals surface area contributed by atoms with Gasteiger partial charge < -0.3 is 24.4 Å². The summed E-state index contributed by atoms with van der Waals surface area (Å²) in [4.78, 5) is 4.87. The van der Waals surface area contributed by atoms with Gasteiger partial charge in [-0.15, -0.1) is 0 Å². The quantitative estimate of drug-likeness (QED) is 0.791. The molecule has 2 N–H and O–H groups in total. The van der Waals surface area contributed by atoms with E-state index in [9.17, 15) is 10.2 Å². The number of aliphatic hydroxyl groups excluding tert-OH is 2. The molecule has 2 aliphatic heterocycles. The van der Waals surface area contributed by atoms with Crippen LogP contribution in [0.3, 0.4) is 0 Å². The Labute approximate surface area is 175 Å². The van der Waals surface area contributed by atoms with Gasteiger partial charge in [0, 0.05) is 17.4 Å². The topological polar surface area (TPSA) is 81.0 Å². The number of hydrogen-bond acceptors (Lipinski definition) is 6. The van der Waals surface area contributed by atoms with Gasteiger partial charge in [0.2, 0.25) is 0 Å². The maximum atomic E-state index is 9.90. The maximum Gasteiger partial charge on any atom is 0.150 e. The Morgan fingerprint density at radius 2 is 1.83 bits per heavy atom. The highest BCUT2D eigenvalue weighted by Crippen LogP contribution is 2.47. The van der Waals surface area contributed by atoms with Crippen LogP contribution < -0.4 is 0 Å². The number of pyridine rings is 1. The second-order valence-electron chi connectivity index (χ2n) is 8.86. The van der Waals surface area contributed by atoms with E-state index in [-0.39, 0.29) is 30.3 Å². The highest BCUT2D eigenvalue weighted by Gasteiger charge is 2.48. The number of rotatable bonds is 5. The first-order valence-corrected chi connectivity index (χ1v) is 10.7. The molecule has 2 saturated heterocycles. The average molecular weight is 407 g/mol. The second kappa shape index (κ2) is 6.89. The van der Waals surface area contributed by atoms with Crippen molar-refractivity contribution < 1.29 is 24.4 Å². The van der Waals surface area contributed by atoms with Gasteiger partial charge in [0.05, 0.1) is 31.2 Å². The van der Waals surface area contributed by atoms with E-state index >= 15 is 0 Å². The lowest BCUT2D eigenvalue weighted by Crippen LogP contribution is -2.32. The van der Waals surface area contributed by atoms with Gasteiger partial charge in [0.1, 0.15) is 24.1 Å². The highest BCUT2D eigenvalue weighted by molar-refractivity contribution is 5.66. The Hall–Kier alpha value is -2.25. The molecular weight excluding hydrogens is 382 g/mol. The predicted molar refractivity (Wildman–Crippen MR) is 110 cm³/mol. The van der Waals surface area contributed by atoms with E-state index in [0.717, 1.165) is 41.1 Å². The lowest BCUT2D eigenvalue weighted by molar-refractivity contribution is -0.0115. The fourth-order valence-electron chi connectivity index (χ4n) is 4.83. The summed E-state index contributed by atoms with van der Waals surface area (Å²) in [6.07, 6.45) is 3.55. The van der Waals surface area contributed by atoms with Crippen LogP contribution in [0.25, 0.3) is 17.3 Å². The first-order valence-electron chi connectivity index (χ1n) is 10.7. The molecule has 6 nitrogen and oxygen atoms in total. The third kappa shape index (κ3) is 2.98. The molecule has 3 fully saturated rings. The van der Waals surface area contributed by atoms with Gasteiger partial charge in [-0.1, -0.05) is 30.3 Å². The minimum absolute atomic E-state index is 0.0118. The summed E-state index contributed by atoms with van der Waals surface area (Å²) in [6, 6.07) is 12.6. The van der Waals surface area contributed by atoms with Crippen molar-refractivity contribution in [3.8, 4) is 11.3 Å². The smallest absolute Gasteiger partial charge is 0.150 e. The maximum absolute atomic E-state index is 9.90. The zero-order valence-electron chi connectivity index (χ0n) is 16.7. The lowest BCUT2D eigenvalue weighted by atomic mass is 9.95. The summed E-state index contributed by atoms with van der Waals surface area (Å²) < 4.78 is 17.5. The van der Waals surface area contributed by atoms with Gasteiger partial charge in [-0.25, -0.2) is 0 Å². The van der Waals surface area contributed by atoms with Crippen molar-refractivity contribution in [1.82, 2.24) is 4.98 Å². The third-order valence-corrected chi connectivity index (χ3v) is 6.90. The minimum atomic E-state index is -0.568. The molecule has 0 unspecified atom stereocenters. The van der Waals surface area contributed by atoms with E-state index in [2.05, 4.69) is 30.3 Å². The molecule has 156 valence electrons. The van der Waals surface area contributed by atoms with Gasteiger partial charge in [-0.3, -0.25) is 4.98 Å². The summed E-state index contributed by atoms with van der Waals surface area (Å²) in [5.41, 5.74) is 5.29. The van der Waals surface area contributed by atoms with Crippen LogP contribution in [0.5, 0.6) is 0 Å². The van der Waals surface area contributed by atoms with Crippen molar-refractivity contribution in [3.05, 3.63) is 59.0 Å². The lowest BCUT2D eigenvalue weighted by Gasteiger charge is -2.18. The van der Waals surface area contributed by atoms with Gasteiger partial charge in [0.15, 0.2) is 6.10 Å². The molecule has 1 aromatic heterocycles. The summed E-state index contributed by atoms with van der Waals surface area (Å²) in [7, 11) is 0. The van der Waals surface area contributed by atoms with E-state index in [1.807, 2.05) is 12.1 Å². The number of hydrogen-bond donors (Lipinski definition) is 2. The van der Waals surface area contributed by atoms with E-state index in [0.29, 0.717) is 19.6 Å². The molecule has 0 spiro atoms. The van der Waals surface area contributed by atoms with E-state index < -0.39 is 6.10 Å². The zero-order chi connectivity index (χ0) is 20.3. The monoisotopic (exact) mass is 407 g/mol. The summed E-state index contributed by atoms with van der Waals surface area (Å²) >= 11 is 0. The number of aromatic nitrogens is 1. The Kier molecular flexibility index (Phi) is 4.25. The molecule has 6 rings (SSSR count). The molecule has 0 radical (unpaired) electrons. The first-order chi connectivity index (χ1) is 14.6. The number of ether oxygens (including phenoxy) is 3. The fourth-order valence-corrected chi connectivity index (χ4v) is 4.83. The summed E-state index contributed by atoms with van der Waals surface area (Å²) in [6.45, 7) is 0.952. The van der Waals surface area contributed by atoms with Gasteiger partial charge in [-0.05, 0) is 36.1 Å². The van der Waals surface area contributed by atoms with Crippen LogP contribution in [0.15, 0.2) is 42.2 Å². The number of aliphatic hydroxyl groups is 2. The zero-order valence-corrected chi connectivity index (χ0v) is 16.7. The molecule has 2 aliphatic carbocycles. The van der Waals surface area contributed by atoms with E-state index in [1.165, 1.54) is 5.56 Å². The Bertz CT molecular complexity index is 997. The van der Waals surface area contributed by atoms with Crippen molar-refractivity contribution >= 4 is 6.08 Å². The predicted octanol–water partition coefficient (Wildman–Crippen LogP) is 2.21. The molecule has 1 aromatic carbocycles. The van der Waals surface area contributed by atoms with Crippen LogP contribution in [-0.2, 0) is 26.0 Å². The Morgan fingerprint density at radius 3 is 2.60 bits per heavy atom.